The molecule has 152 valence electrons. The van der Waals surface area contributed by atoms with Crippen molar-refractivity contribution in [3.63, 3.8) is 0 Å². The number of anilines is 1. The number of para-hydroxylation sites is 2. The molecule has 0 bridgehead atoms. The number of aliphatic carboxylic acids is 2. The number of carboxylic acid groups (broad SMARTS) is 2. The van der Waals surface area contributed by atoms with Crippen LogP contribution in [-0.2, 0) is 9.59 Å². The van der Waals surface area contributed by atoms with Crippen LogP contribution in [0, 0.1) is 0 Å². The molecule has 7 heteroatoms. The lowest BCUT2D eigenvalue weighted by molar-refractivity contribution is -0.134. The molecule has 4 rings (SSSR count). The number of hydrogen-bond donors (Lipinski definition) is 2. The van der Waals surface area contributed by atoms with Crippen LogP contribution in [0.1, 0.15) is 6.92 Å². The predicted molar refractivity (Wildman–Crippen MR) is 117 cm³/mol. The van der Waals surface area contributed by atoms with Gasteiger partial charge >= 0.3 is 11.9 Å². The van der Waals surface area contributed by atoms with Crippen molar-refractivity contribution in [2.24, 2.45) is 0 Å². The minimum atomic E-state index is -1.26. The molecule has 0 unspecified atom stereocenters. The number of carbonyl (C=O) groups is 2. The molecular formula is C23H21N3O4. The monoisotopic (exact) mass is 403 g/mol. The third-order valence-corrected chi connectivity index (χ3v) is 4.42. The highest BCUT2D eigenvalue weighted by Crippen LogP contribution is 2.31. The maximum Gasteiger partial charge on any atom is 0.328 e. The molecule has 0 atom stereocenters. The third-order valence-electron chi connectivity index (χ3n) is 4.42. The fourth-order valence-electron chi connectivity index (χ4n) is 3.26. The number of benzene rings is 2. The molecule has 0 fully saturated rings. The summed E-state index contributed by atoms with van der Waals surface area (Å²) in [4.78, 5) is 23.2. The Labute approximate surface area is 173 Å². The first-order chi connectivity index (χ1) is 14.5. The van der Waals surface area contributed by atoms with E-state index >= 15 is 0 Å². The topological polar surface area (TPSA) is 95.7 Å². The van der Waals surface area contributed by atoms with Crippen LogP contribution in [0.5, 0.6) is 0 Å². The molecule has 2 N–H and O–H groups in total. The lowest BCUT2D eigenvalue weighted by atomic mass is 10.2. The molecular weight excluding hydrogens is 382 g/mol. The van der Waals surface area contributed by atoms with Gasteiger partial charge in [0.2, 0.25) is 0 Å². The summed E-state index contributed by atoms with van der Waals surface area (Å²) < 4.78 is 2.31. The van der Waals surface area contributed by atoms with Gasteiger partial charge in [0.1, 0.15) is 0 Å². The van der Waals surface area contributed by atoms with Gasteiger partial charge in [-0.2, -0.15) is 0 Å². The van der Waals surface area contributed by atoms with E-state index in [1.54, 1.807) is 0 Å². The van der Waals surface area contributed by atoms with Crippen LogP contribution in [0.2, 0.25) is 0 Å². The van der Waals surface area contributed by atoms with Gasteiger partial charge in [-0.15, -0.1) is 0 Å². The van der Waals surface area contributed by atoms with Gasteiger partial charge in [0.15, 0.2) is 0 Å². The van der Waals surface area contributed by atoms with Crippen molar-refractivity contribution in [3.8, 4) is 0 Å². The minimum absolute atomic E-state index is 0.558. The standard InChI is InChI=1S/C19H17N3.C4H4O4/c1-2-21(15-11-13-20-14-12-15)22-18-9-5-3-7-16(18)17-8-4-6-10-19(17)22;5-3(6)1-2-4(7)8/h3-14H,2H2,1H3;1-2H,(H,5,6)(H,7,8)/b;2-1-. The summed E-state index contributed by atoms with van der Waals surface area (Å²) in [7, 11) is 0. The molecule has 4 aromatic rings. The van der Waals surface area contributed by atoms with Crippen molar-refractivity contribution in [2.75, 3.05) is 11.6 Å². The SMILES string of the molecule is CCN(c1ccncc1)n1c2ccccc2c2ccccc21.O=C(O)/C=C\C(=O)O. The van der Waals surface area contributed by atoms with Gasteiger partial charge < -0.3 is 10.2 Å². The molecule has 0 aliphatic rings. The van der Waals surface area contributed by atoms with E-state index in [4.69, 9.17) is 10.2 Å². The zero-order valence-electron chi connectivity index (χ0n) is 16.3. The molecule has 30 heavy (non-hydrogen) atoms. The molecule has 0 aliphatic carbocycles. The number of rotatable bonds is 5. The molecule has 0 amide bonds. The summed E-state index contributed by atoms with van der Waals surface area (Å²) in [6.45, 7) is 3.05. The van der Waals surface area contributed by atoms with E-state index in [0.717, 1.165) is 12.2 Å². The van der Waals surface area contributed by atoms with Crippen LogP contribution in [0.4, 0.5) is 5.69 Å². The lowest BCUT2D eigenvalue weighted by Crippen LogP contribution is -2.28. The second kappa shape index (κ2) is 9.38. The Hall–Kier alpha value is -4.13. The highest BCUT2D eigenvalue weighted by Gasteiger charge is 2.15. The summed E-state index contributed by atoms with van der Waals surface area (Å²) in [6, 6.07) is 21.2. The van der Waals surface area contributed by atoms with Crippen LogP contribution < -0.4 is 5.01 Å². The van der Waals surface area contributed by atoms with Crippen molar-refractivity contribution >= 4 is 39.4 Å². The summed E-state index contributed by atoms with van der Waals surface area (Å²) >= 11 is 0. The third kappa shape index (κ3) is 4.47. The average molecular weight is 403 g/mol. The number of pyridine rings is 1. The van der Waals surface area contributed by atoms with Gasteiger partial charge in [0, 0.05) is 41.9 Å². The van der Waals surface area contributed by atoms with Gasteiger partial charge in [-0.3, -0.25) is 14.7 Å². The molecule has 2 aromatic carbocycles. The van der Waals surface area contributed by atoms with E-state index < -0.39 is 11.9 Å². The van der Waals surface area contributed by atoms with Crippen LogP contribution >= 0.6 is 0 Å². The molecule has 2 aromatic heterocycles. The Bertz CT molecular complexity index is 1130. The van der Waals surface area contributed by atoms with Crippen molar-refractivity contribution in [1.82, 2.24) is 9.66 Å². The summed E-state index contributed by atoms with van der Waals surface area (Å²) in [5.74, 6) is -2.51. The summed E-state index contributed by atoms with van der Waals surface area (Å²) in [6.07, 6.45) is 4.79. The fourth-order valence-corrected chi connectivity index (χ4v) is 3.26. The molecule has 0 saturated carbocycles. The van der Waals surface area contributed by atoms with Crippen molar-refractivity contribution in [1.29, 1.82) is 0 Å². The van der Waals surface area contributed by atoms with Gasteiger partial charge in [-0.1, -0.05) is 36.4 Å². The van der Waals surface area contributed by atoms with Gasteiger partial charge in [-0.05, 0) is 31.2 Å². The minimum Gasteiger partial charge on any atom is -0.478 e. The lowest BCUT2D eigenvalue weighted by Gasteiger charge is -2.26. The van der Waals surface area contributed by atoms with E-state index in [1.807, 2.05) is 24.5 Å². The van der Waals surface area contributed by atoms with E-state index in [2.05, 4.69) is 70.1 Å². The Balaban J connectivity index is 0.000000275. The average Bonchev–Trinajstić information content (AvgIpc) is 3.09. The smallest absolute Gasteiger partial charge is 0.328 e. The van der Waals surface area contributed by atoms with E-state index in [0.29, 0.717) is 12.2 Å². The first-order valence-corrected chi connectivity index (χ1v) is 9.33. The zero-order valence-corrected chi connectivity index (χ0v) is 16.3. The second-order valence-corrected chi connectivity index (χ2v) is 6.28. The number of hydrogen-bond acceptors (Lipinski definition) is 4. The Kier molecular flexibility index (Phi) is 6.44. The Morgan fingerprint density at radius 1 is 0.867 bits per heavy atom. The van der Waals surface area contributed by atoms with Crippen LogP contribution in [0.15, 0.2) is 85.2 Å². The molecule has 0 spiro atoms. The summed E-state index contributed by atoms with van der Waals surface area (Å²) in [5.41, 5.74) is 3.59. The maximum atomic E-state index is 9.55. The molecule has 0 radical (unpaired) electrons. The first-order valence-electron chi connectivity index (χ1n) is 9.33. The zero-order chi connectivity index (χ0) is 21.5. The molecule has 2 heterocycles. The van der Waals surface area contributed by atoms with E-state index in [1.165, 1.54) is 21.8 Å². The first kappa shape index (κ1) is 20.6. The number of nitrogens with zero attached hydrogens (tertiary/aromatic N) is 3. The van der Waals surface area contributed by atoms with Gasteiger partial charge in [0.05, 0.1) is 16.7 Å². The van der Waals surface area contributed by atoms with Crippen molar-refractivity contribution in [2.45, 2.75) is 6.92 Å². The number of carboxylic acids is 2. The normalized spacial score (nSPS) is 10.7. The number of aromatic nitrogens is 2. The second-order valence-electron chi connectivity index (χ2n) is 6.28. The summed E-state index contributed by atoms with van der Waals surface area (Å²) in [5, 5.41) is 20.5. The molecule has 0 saturated heterocycles. The van der Waals surface area contributed by atoms with E-state index in [-0.39, 0.29) is 0 Å². The van der Waals surface area contributed by atoms with Crippen LogP contribution in [0.25, 0.3) is 21.8 Å². The van der Waals surface area contributed by atoms with Crippen molar-refractivity contribution < 1.29 is 19.8 Å². The van der Waals surface area contributed by atoms with Crippen LogP contribution in [-0.4, -0.2) is 38.4 Å². The highest BCUT2D eigenvalue weighted by molar-refractivity contribution is 6.08. The highest BCUT2D eigenvalue weighted by atomic mass is 16.4. The Morgan fingerprint density at radius 2 is 1.33 bits per heavy atom. The quantitative estimate of drug-likeness (QED) is 0.485. The number of fused-ring (bicyclic) bond motifs is 3. The molecule has 0 aliphatic heterocycles. The maximum absolute atomic E-state index is 9.55. The van der Waals surface area contributed by atoms with E-state index in [9.17, 15) is 9.59 Å². The largest absolute Gasteiger partial charge is 0.478 e. The predicted octanol–water partition coefficient (Wildman–Crippen LogP) is 4.19. The van der Waals surface area contributed by atoms with Crippen LogP contribution in [0.3, 0.4) is 0 Å². The fraction of sp³-hybridized carbons (Fsp3) is 0.0870. The van der Waals surface area contributed by atoms with Gasteiger partial charge in [-0.25, -0.2) is 9.59 Å². The Morgan fingerprint density at radius 3 is 1.77 bits per heavy atom. The van der Waals surface area contributed by atoms with Crippen molar-refractivity contribution in [3.05, 3.63) is 85.2 Å². The van der Waals surface area contributed by atoms with Gasteiger partial charge in [0.25, 0.3) is 0 Å². The molecule has 7 nitrogen and oxygen atoms in total.